The van der Waals surface area contributed by atoms with E-state index in [2.05, 4.69) is 63.5 Å². The highest BCUT2D eigenvalue weighted by atomic mass is 16.5. The number of amides is 1. The van der Waals surface area contributed by atoms with Gasteiger partial charge >= 0.3 is 6.01 Å². The van der Waals surface area contributed by atoms with Crippen molar-refractivity contribution in [2.24, 2.45) is 11.8 Å². The number of piperidine rings is 1. The van der Waals surface area contributed by atoms with Crippen molar-refractivity contribution >= 4 is 11.9 Å². The third-order valence-corrected chi connectivity index (χ3v) is 8.92. The smallest absolute Gasteiger partial charge is 0.324 e. The minimum absolute atomic E-state index is 0.117. The summed E-state index contributed by atoms with van der Waals surface area (Å²) in [5, 5.41) is 4.09. The van der Waals surface area contributed by atoms with Gasteiger partial charge in [-0.1, -0.05) is 43.8 Å². The van der Waals surface area contributed by atoms with Crippen LogP contribution >= 0.6 is 0 Å². The lowest BCUT2D eigenvalue weighted by Crippen LogP contribution is -2.51. The minimum atomic E-state index is 0.117. The number of carbonyl (C=O) groups is 1. The maximum absolute atomic E-state index is 13.1. The number of anilines is 1. The molecule has 1 saturated carbocycles. The van der Waals surface area contributed by atoms with Crippen LogP contribution < -0.4 is 4.90 Å². The fraction of sp³-hybridized carbons (Fsp3) is 0.656. The Balaban J connectivity index is 1.05. The van der Waals surface area contributed by atoms with Gasteiger partial charge in [-0.3, -0.25) is 9.69 Å². The van der Waals surface area contributed by atoms with Crippen molar-refractivity contribution in [3.8, 4) is 0 Å². The molecule has 2 aliphatic heterocycles. The van der Waals surface area contributed by atoms with Crippen molar-refractivity contribution in [3.63, 3.8) is 0 Å². The van der Waals surface area contributed by atoms with Gasteiger partial charge in [0.1, 0.15) is 0 Å². The fourth-order valence-corrected chi connectivity index (χ4v) is 6.02. The lowest BCUT2D eigenvalue weighted by atomic mass is 9.85. The molecule has 4 aliphatic rings. The van der Waals surface area contributed by atoms with E-state index >= 15 is 0 Å². The summed E-state index contributed by atoms with van der Waals surface area (Å²) in [6.07, 6.45) is 15.8. The number of aromatic nitrogens is 2. The van der Waals surface area contributed by atoms with Gasteiger partial charge in [-0.2, -0.15) is 4.98 Å². The number of ether oxygens (including phenoxy) is 1. The fourth-order valence-electron chi connectivity index (χ4n) is 6.02. The molecule has 0 aromatic carbocycles. The first-order valence-corrected chi connectivity index (χ1v) is 15.4. The summed E-state index contributed by atoms with van der Waals surface area (Å²) in [6.45, 7) is 16.6. The third-order valence-electron chi connectivity index (χ3n) is 8.92. The molecule has 1 amide bonds. The van der Waals surface area contributed by atoms with Gasteiger partial charge in [-0.15, -0.1) is 0 Å². The van der Waals surface area contributed by atoms with E-state index in [1.165, 1.54) is 18.4 Å². The summed E-state index contributed by atoms with van der Waals surface area (Å²) >= 11 is 0. The van der Waals surface area contributed by atoms with E-state index in [1.807, 2.05) is 13.0 Å². The van der Waals surface area contributed by atoms with E-state index < -0.39 is 0 Å². The Hall–Kier alpha value is -2.87. The van der Waals surface area contributed by atoms with Crippen LogP contribution in [0.1, 0.15) is 77.5 Å². The van der Waals surface area contributed by atoms with Crippen molar-refractivity contribution in [2.75, 3.05) is 50.8 Å². The lowest BCUT2D eigenvalue weighted by Gasteiger charge is -2.37. The second-order valence-electron chi connectivity index (χ2n) is 12.2. The van der Waals surface area contributed by atoms with Gasteiger partial charge in [0.15, 0.2) is 5.82 Å². The van der Waals surface area contributed by atoms with Crippen LogP contribution in [-0.4, -0.2) is 77.8 Å². The molecule has 1 unspecified atom stereocenters. The Kier molecular flexibility index (Phi) is 9.45. The predicted molar refractivity (Wildman–Crippen MR) is 158 cm³/mol. The van der Waals surface area contributed by atoms with Crippen LogP contribution in [0.15, 0.2) is 52.3 Å². The first-order chi connectivity index (χ1) is 19.4. The summed E-state index contributed by atoms with van der Waals surface area (Å²) in [5.74, 6) is 2.93. The number of piperazine rings is 1. The lowest BCUT2D eigenvalue weighted by molar-refractivity contribution is -0.137. The third kappa shape index (κ3) is 7.25. The van der Waals surface area contributed by atoms with Gasteiger partial charge in [0.2, 0.25) is 5.91 Å². The van der Waals surface area contributed by atoms with Crippen LogP contribution in [0, 0.1) is 11.8 Å². The van der Waals surface area contributed by atoms with E-state index in [0.717, 1.165) is 101 Å². The van der Waals surface area contributed by atoms with Crippen molar-refractivity contribution in [1.82, 2.24) is 19.9 Å². The van der Waals surface area contributed by atoms with Gasteiger partial charge in [0.25, 0.3) is 0 Å². The van der Waals surface area contributed by atoms with Gasteiger partial charge in [-0.25, -0.2) is 0 Å². The van der Waals surface area contributed by atoms with E-state index in [4.69, 9.17) is 9.26 Å². The predicted octanol–water partition coefficient (Wildman–Crippen LogP) is 5.48. The first kappa shape index (κ1) is 28.7. The number of allylic oxidation sites excluding steroid dienone is 7. The summed E-state index contributed by atoms with van der Waals surface area (Å²) in [7, 11) is 0. The van der Waals surface area contributed by atoms with Gasteiger partial charge in [0.05, 0.1) is 12.4 Å². The second kappa shape index (κ2) is 13.2. The molecule has 0 spiro atoms. The van der Waals surface area contributed by atoms with E-state index in [0.29, 0.717) is 17.8 Å². The highest BCUT2D eigenvalue weighted by Crippen LogP contribution is 2.32. The molecule has 0 bridgehead atoms. The number of carbonyl (C=O) groups excluding carboxylic acids is 1. The van der Waals surface area contributed by atoms with E-state index in [-0.39, 0.29) is 11.8 Å². The molecule has 2 aliphatic carbocycles. The number of hydrogen-bond donors (Lipinski definition) is 0. The molecule has 0 radical (unpaired) electrons. The molecule has 3 fully saturated rings. The van der Waals surface area contributed by atoms with Crippen LogP contribution in [0.4, 0.5) is 6.01 Å². The standard InChI is InChI=1S/C32H47N5O3/c1-5-26(27-8-10-28(11-9-27)31(38)36-20-18-35(19-21-36)29-12-13-29)7-6-24(4)39-22-25-14-16-37(17-15-25)32-33-30(23(2)3)34-40-32/h5-8,23,25,28-29H,1,9-22H2,2-4H3/b24-6+,26-7+. The highest BCUT2D eigenvalue weighted by Gasteiger charge is 2.34. The zero-order valence-corrected chi connectivity index (χ0v) is 24.7. The average Bonchev–Trinajstić information content (AvgIpc) is 3.72. The number of hydrogen-bond acceptors (Lipinski definition) is 7. The summed E-state index contributed by atoms with van der Waals surface area (Å²) in [4.78, 5) is 24.5. The Morgan fingerprint density at radius 1 is 1.10 bits per heavy atom. The molecule has 1 atom stereocenters. The monoisotopic (exact) mass is 549 g/mol. The molecular formula is C32H47N5O3. The van der Waals surface area contributed by atoms with Gasteiger partial charge < -0.3 is 19.1 Å². The normalized spacial score (nSPS) is 23.9. The molecular weight excluding hydrogens is 502 g/mol. The van der Waals surface area contributed by atoms with Crippen molar-refractivity contribution in [1.29, 1.82) is 0 Å². The quantitative estimate of drug-likeness (QED) is 0.283. The Morgan fingerprint density at radius 2 is 1.85 bits per heavy atom. The Bertz CT molecular complexity index is 1120. The van der Waals surface area contributed by atoms with Crippen LogP contribution in [0.25, 0.3) is 0 Å². The zero-order chi connectivity index (χ0) is 28.1. The molecule has 5 rings (SSSR count). The maximum Gasteiger partial charge on any atom is 0.324 e. The topological polar surface area (TPSA) is 74.9 Å². The Morgan fingerprint density at radius 3 is 2.45 bits per heavy atom. The first-order valence-electron chi connectivity index (χ1n) is 15.4. The largest absolute Gasteiger partial charge is 0.498 e. The molecule has 1 aromatic heterocycles. The molecule has 2 saturated heterocycles. The molecule has 218 valence electrons. The second-order valence-corrected chi connectivity index (χ2v) is 12.2. The maximum atomic E-state index is 13.1. The van der Waals surface area contributed by atoms with Crippen LogP contribution in [0.5, 0.6) is 0 Å². The molecule has 8 heteroatoms. The summed E-state index contributed by atoms with van der Waals surface area (Å²) in [6, 6.07) is 1.44. The minimum Gasteiger partial charge on any atom is -0.498 e. The summed E-state index contributed by atoms with van der Waals surface area (Å²) < 4.78 is 11.6. The van der Waals surface area contributed by atoms with Crippen LogP contribution in [-0.2, 0) is 9.53 Å². The van der Waals surface area contributed by atoms with Gasteiger partial charge in [-0.05, 0) is 75.0 Å². The number of nitrogens with zero attached hydrogens (tertiary/aromatic N) is 5. The molecule has 0 N–H and O–H groups in total. The Labute approximate surface area is 239 Å². The van der Waals surface area contributed by atoms with Crippen molar-refractivity contribution < 1.29 is 14.1 Å². The van der Waals surface area contributed by atoms with E-state index in [9.17, 15) is 4.79 Å². The molecule has 40 heavy (non-hydrogen) atoms. The highest BCUT2D eigenvalue weighted by molar-refractivity contribution is 5.79. The van der Waals surface area contributed by atoms with Gasteiger partial charge in [0, 0.05) is 57.1 Å². The van der Waals surface area contributed by atoms with Crippen LogP contribution in [0.2, 0.25) is 0 Å². The van der Waals surface area contributed by atoms with Crippen molar-refractivity contribution in [3.05, 3.63) is 53.6 Å². The van der Waals surface area contributed by atoms with Crippen LogP contribution in [0.3, 0.4) is 0 Å². The average molecular weight is 550 g/mol. The number of rotatable bonds is 10. The summed E-state index contributed by atoms with van der Waals surface area (Å²) in [5.41, 5.74) is 2.41. The molecule has 8 nitrogen and oxygen atoms in total. The zero-order valence-electron chi connectivity index (χ0n) is 24.7. The van der Waals surface area contributed by atoms with Crippen molar-refractivity contribution in [2.45, 2.75) is 77.7 Å². The molecule has 1 aromatic rings. The SMILES string of the molecule is C=C/C(=C\C=C(/C)OCC1CCN(c2nc(C(C)C)no2)CC1)C1=CCC(C(=O)N2CCN(C3CC3)CC2)CC1. The molecule has 3 heterocycles. The van der Waals surface area contributed by atoms with E-state index in [1.54, 1.807) is 0 Å².